The van der Waals surface area contributed by atoms with Crippen molar-refractivity contribution in [1.82, 2.24) is 20.5 Å². The number of carbonyl (C=O) groups is 2. The zero-order chi connectivity index (χ0) is 17.6. The number of anilines is 1. The van der Waals surface area contributed by atoms with Gasteiger partial charge in [0, 0.05) is 22.8 Å². The Hall–Kier alpha value is -3.42. The van der Waals surface area contributed by atoms with Gasteiger partial charge in [-0.1, -0.05) is 0 Å². The van der Waals surface area contributed by atoms with Gasteiger partial charge < -0.3 is 15.4 Å². The molecule has 0 aliphatic heterocycles. The number of alkyl carbamates (subject to hydrolysis) is 1. The second kappa shape index (κ2) is 7.43. The van der Waals surface area contributed by atoms with Crippen LogP contribution in [0.4, 0.5) is 10.5 Å². The smallest absolute Gasteiger partial charge is 0.407 e. The molecule has 128 valence electrons. The Morgan fingerprint density at radius 3 is 2.96 bits per heavy atom. The average Bonchev–Trinajstić information content (AvgIpc) is 3.08. The molecule has 3 aromatic rings. The molecular formula is C17H17N5O3. The number of fused-ring (bicyclic) bond motifs is 1. The van der Waals surface area contributed by atoms with E-state index in [-0.39, 0.29) is 12.5 Å². The van der Waals surface area contributed by atoms with Crippen LogP contribution in [0.15, 0.2) is 42.7 Å². The minimum Gasteiger partial charge on any atom is -0.450 e. The van der Waals surface area contributed by atoms with Gasteiger partial charge in [-0.15, -0.1) is 0 Å². The van der Waals surface area contributed by atoms with E-state index in [1.165, 1.54) is 6.20 Å². The van der Waals surface area contributed by atoms with Gasteiger partial charge in [-0.05, 0) is 37.3 Å². The fourth-order valence-corrected chi connectivity index (χ4v) is 2.28. The Balaban J connectivity index is 1.67. The van der Waals surface area contributed by atoms with Crippen LogP contribution in [0.3, 0.4) is 0 Å². The van der Waals surface area contributed by atoms with Crippen molar-refractivity contribution in [2.24, 2.45) is 0 Å². The Morgan fingerprint density at radius 2 is 2.12 bits per heavy atom. The Labute approximate surface area is 143 Å². The first-order valence-corrected chi connectivity index (χ1v) is 7.75. The molecule has 0 saturated carbocycles. The normalized spacial score (nSPS) is 10.4. The highest BCUT2D eigenvalue weighted by Crippen LogP contribution is 2.17. The molecule has 0 spiro atoms. The first-order valence-electron chi connectivity index (χ1n) is 7.75. The van der Waals surface area contributed by atoms with Crippen molar-refractivity contribution in [3.63, 3.8) is 0 Å². The predicted octanol–water partition coefficient (Wildman–Crippen LogP) is 2.46. The monoisotopic (exact) mass is 339 g/mol. The molecule has 2 heterocycles. The van der Waals surface area contributed by atoms with E-state index < -0.39 is 6.09 Å². The summed E-state index contributed by atoms with van der Waals surface area (Å²) < 4.78 is 4.78. The van der Waals surface area contributed by atoms with Crippen LogP contribution in [-0.2, 0) is 11.3 Å². The number of carbonyl (C=O) groups excluding carboxylic acids is 2. The van der Waals surface area contributed by atoms with Crippen molar-refractivity contribution in [3.8, 4) is 0 Å². The number of hydrogen-bond donors (Lipinski definition) is 3. The zero-order valence-corrected chi connectivity index (χ0v) is 13.6. The van der Waals surface area contributed by atoms with Gasteiger partial charge in [0.1, 0.15) is 0 Å². The van der Waals surface area contributed by atoms with Crippen LogP contribution in [0.1, 0.15) is 23.0 Å². The maximum Gasteiger partial charge on any atom is 0.407 e. The van der Waals surface area contributed by atoms with Crippen LogP contribution < -0.4 is 10.6 Å². The van der Waals surface area contributed by atoms with E-state index in [0.29, 0.717) is 23.6 Å². The molecule has 0 radical (unpaired) electrons. The molecule has 2 aromatic heterocycles. The van der Waals surface area contributed by atoms with Gasteiger partial charge in [-0.25, -0.2) is 4.79 Å². The number of pyridine rings is 1. The first kappa shape index (κ1) is 16.4. The second-order valence-corrected chi connectivity index (χ2v) is 5.24. The lowest BCUT2D eigenvalue weighted by atomic mass is 10.2. The fraction of sp³-hybridized carbons (Fsp3) is 0.176. The topological polar surface area (TPSA) is 109 Å². The number of ether oxygens (including phenoxy) is 1. The Bertz CT molecular complexity index is 906. The molecule has 0 bridgehead atoms. The molecule has 0 unspecified atom stereocenters. The van der Waals surface area contributed by atoms with Gasteiger partial charge in [0.05, 0.1) is 30.6 Å². The average molecular weight is 339 g/mol. The van der Waals surface area contributed by atoms with Gasteiger partial charge in [0.2, 0.25) is 0 Å². The molecule has 3 rings (SSSR count). The number of amides is 2. The van der Waals surface area contributed by atoms with E-state index in [1.807, 2.05) is 12.1 Å². The molecule has 8 heteroatoms. The van der Waals surface area contributed by atoms with E-state index in [2.05, 4.69) is 25.8 Å². The van der Waals surface area contributed by atoms with Crippen LogP contribution in [0, 0.1) is 0 Å². The van der Waals surface area contributed by atoms with Crippen molar-refractivity contribution in [3.05, 3.63) is 54.0 Å². The third-order valence-corrected chi connectivity index (χ3v) is 3.47. The van der Waals surface area contributed by atoms with Gasteiger partial charge in [-0.3, -0.25) is 14.9 Å². The summed E-state index contributed by atoms with van der Waals surface area (Å²) in [4.78, 5) is 27.9. The third-order valence-electron chi connectivity index (χ3n) is 3.47. The lowest BCUT2D eigenvalue weighted by molar-refractivity contribution is 0.102. The van der Waals surface area contributed by atoms with Gasteiger partial charge in [-0.2, -0.15) is 5.10 Å². The first-order chi connectivity index (χ1) is 12.2. The number of nitrogens with one attached hydrogen (secondary N) is 3. The summed E-state index contributed by atoms with van der Waals surface area (Å²) in [5.74, 6) is -0.261. The Morgan fingerprint density at radius 1 is 1.24 bits per heavy atom. The van der Waals surface area contributed by atoms with Gasteiger partial charge >= 0.3 is 6.09 Å². The molecular weight excluding hydrogens is 322 g/mol. The summed E-state index contributed by atoms with van der Waals surface area (Å²) in [5.41, 5.74) is 2.57. The minimum atomic E-state index is -0.521. The van der Waals surface area contributed by atoms with E-state index >= 15 is 0 Å². The molecule has 3 N–H and O–H groups in total. The summed E-state index contributed by atoms with van der Waals surface area (Å²) in [6.45, 7) is 2.20. The maximum absolute atomic E-state index is 12.4. The summed E-state index contributed by atoms with van der Waals surface area (Å²) in [7, 11) is 0. The molecule has 0 atom stereocenters. The number of H-pyrrole nitrogens is 1. The van der Waals surface area contributed by atoms with E-state index in [1.54, 1.807) is 31.3 Å². The molecule has 0 aliphatic rings. The highest BCUT2D eigenvalue weighted by atomic mass is 16.5. The molecule has 0 aliphatic carbocycles. The van der Waals surface area contributed by atoms with Crippen LogP contribution in [0.2, 0.25) is 0 Å². The van der Waals surface area contributed by atoms with E-state index in [4.69, 9.17) is 4.74 Å². The van der Waals surface area contributed by atoms with Crippen LogP contribution in [0.25, 0.3) is 10.9 Å². The standard InChI is InChI=1S/C17H17N5O3/c1-2-25-17(24)19-10-14-7-11(5-6-18-14)16(23)21-13-3-4-15-12(8-13)9-20-22-15/h3-9H,2,10H2,1H3,(H,19,24)(H,20,22)(H,21,23). The Kier molecular flexibility index (Phi) is 4.89. The van der Waals surface area contributed by atoms with E-state index in [0.717, 1.165) is 10.9 Å². The zero-order valence-electron chi connectivity index (χ0n) is 13.6. The summed E-state index contributed by atoms with van der Waals surface area (Å²) >= 11 is 0. The number of rotatable bonds is 5. The van der Waals surface area contributed by atoms with Crippen molar-refractivity contribution in [2.45, 2.75) is 13.5 Å². The third kappa shape index (κ3) is 4.11. The maximum atomic E-state index is 12.4. The summed E-state index contributed by atoms with van der Waals surface area (Å²) in [6.07, 6.45) is 2.69. The summed E-state index contributed by atoms with van der Waals surface area (Å²) in [6, 6.07) is 8.71. The van der Waals surface area contributed by atoms with Crippen molar-refractivity contribution >= 4 is 28.6 Å². The van der Waals surface area contributed by atoms with Crippen LogP contribution >= 0.6 is 0 Å². The fourth-order valence-electron chi connectivity index (χ4n) is 2.28. The van der Waals surface area contributed by atoms with Gasteiger partial charge in [0.15, 0.2) is 0 Å². The lowest BCUT2D eigenvalue weighted by Gasteiger charge is -2.08. The van der Waals surface area contributed by atoms with Crippen molar-refractivity contribution in [2.75, 3.05) is 11.9 Å². The molecule has 8 nitrogen and oxygen atoms in total. The molecule has 2 amide bonds. The van der Waals surface area contributed by atoms with Crippen molar-refractivity contribution in [1.29, 1.82) is 0 Å². The molecule has 1 aromatic carbocycles. The van der Waals surface area contributed by atoms with E-state index in [9.17, 15) is 9.59 Å². The molecule has 25 heavy (non-hydrogen) atoms. The minimum absolute atomic E-state index is 0.181. The SMILES string of the molecule is CCOC(=O)NCc1cc(C(=O)Nc2ccc3[nH]ncc3c2)ccn1. The number of aromatic amines is 1. The van der Waals surface area contributed by atoms with Gasteiger partial charge in [0.25, 0.3) is 5.91 Å². The van der Waals surface area contributed by atoms with Crippen molar-refractivity contribution < 1.29 is 14.3 Å². The summed E-state index contributed by atoms with van der Waals surface area (Å²) in [5, 5.41) is 13.1. The largest absolute Gasteiger partial charge is 0.450 e. The number of aromatic nitrogens is 3. The van der Waals surface area contributed by atoms with Crippen LogP contribution in [-0.4, -0.2) is 33.8 Å². The van der Waals surface area contributed by atoms with Crippen LogP contribution in [0.5, 0.6) is 0 Å². The molecule has 0 fully saturated rings. The number of hydrogen-bond acceptors (Lipinski definition) is 5. The molecule has 0 saturated heterocycles. The highest BCUT2D eigenvalue weighted by Gasteiger charge is 2.09. The quantitative estimate of drug-likeness (QED) is 0.661. The number of nitrogens with zero attached hydrogens (tertiary/aromatic N) is 2. The lowest BCUT2D eigenvalue weighted by Crippen LogP contribution is -2.24. The highest BCUT2D eigenvalue weighted by molar-refractivity contribution is 6.05. The number of benzene rings is 1. The second-order valence-electron chi connectivity index (χ2n) is 5.24. The predicted molar refractivity (Wildman–Crippen MR) is 92.1 cm³/mol.